The summed E-state index contributed by atoms with van der Waals surface area (Å²) < 4.78 is 47.8. The molecule has 0 N–H and O–H groups in total. The predicted octanol–water partition coefficient (Wildman–Crippen LogP) is 3.68. The molecule has 3 aromatic rings. The van der Waals surface area contributed by atoms with E-state index >= 15 is 0 Å². The number of aromatic nitrogens is 1. The van der Waals surface area contributed by atoms with E-state index in [4.69, 9.17) is 4.74 Å². The van der Waals surface area contributed by atoms with Crippen LogP contribution in [0.3, 0.4) is 0 Å². The quantitative estimate of drug-likeness (QED) is 0.603. The minimum Gasteiger partial charge on any atom is -0.410 e. The lowest BCUT2D eigenvalue weighted by Crippen LogP contribution is -2.33. The average molecular weight is 456 g/mol. The number of hydrogen-bond acceptors (Lipinski definition) is 5. The molecule has 0 bridgehead atoms. The first-order valence-corrected chi connectivity index (χ1v) is 11.7. The van der Waals surface area contributed by atoms with E-state index in [1.165, 1.54) is 45.3 Å². The number of halogens is 1. The Labute approximate surface area is 185 Å². The summed E-state index contributed by atoms with van der Waals surface area (Å²) in [6.45, 7) is 1.85. The Bertz CT molecular complexity index is 1390. The van der Waals surface area contributed by atoms with Crippen LogP contribution in [0.4, 0.5) is 9.18 Å². The topological polar surface area (TPSA) is 71.9 Å². The van der Waals surface area contributed by atoms with E-state index in [1.54, 1.807) is 13.2 Å². The maximum absolute atomic E-state index is 14.1. The third kappa shape index (κ3) is 3.37. The van der Waals surface area contributed by atoms with Crippen molar-refractivity contribution in [3.8, 4) is 5.75 Å². The van der Waals surface area contributed by atoms with Crippen LogP contribution in [0.2, 0.25) is 0 Å². The number of carbonyl (C=O) groups is 1. The fraction of sp³-hybridized carbons (Fsp3) is 0.261. The number of hydrogen-bond donors (Lipinski definition) is 0. The lowest BCUT2D eigenvalue weighted by Gasteiger charge is -2.24. The van der Waals surface area contributed by atoms with Crippen LogP contribution in [0, 0.1) is 5.82 Å². The summed E-state index contributed by atoms with van der Waals surface area (Å²) in [5.41, 5.74) is 2.76. The molecule has 0 spiro atoms. The summed E-state index contributed by atoms with van der Waals surface area (Å²) in [7, 11) is -0.369. The van der Waals surface area contributed by atoms with E-state index in [1.807, 2.05) is 7.05 Å². The average Bonchev–Trinajstić information content (AvgIpc) is 3.14. The van der Waals surface area contributed by atoms with Crippen molar-refractivity contribution in [1.29, 1.82) is 0 Å². The lowest BCUT2D eigenvalue weighted by atomic mass is 9.99. The van der Waals surface area contributed by atoms with Gasteiger partial charge in [-0.15, -0.1) is 0 Å². The molecule has 3 heterocycles. The van der Waals surface area contributed by atoms with Gasteiger partial charge in [0.2, 0.25) is 0 Å². The van der Waals surface area contributed by atoms with Crippen molar-refractivity contribution in [3.05, 3.63) is 65.6 Å². The van der Waals surface area contributed by atoms with Crippen molar-refractivity contribution in [1.82, 2.24) is 13.8 Å². The molecule has 0 saturated heterocycles. The normalized spacial score (nSPS) is 17.3. The molecular formula is C23H22FN3O4S. The van der Waals surface area contributed by atoms with Crippen LogP contribution in [-0.4, -0.2) is 55.5 Å². The number of benzene rings is 2. The molecule has 0 atom stereocenters. The second-order valence-corrected chi connectivity index (χ2v) is 10.1. The third-order valence-corrected chi connectivity index (χ3v) is 7.67. The molecule has 0 unspecified atom stereocenters. The van der Waals surface area contributed by atoms with Crippen molar-refractivity contribution in [2.45, 2.75) is 17.9 Å². The first kappa shape index (κ1) is 20.7. The van der Waals surface area contributed by atoms with Gasteiger partial charge in [-0.05, 0) is 55.4 Å². The van der Waals surface area contributed by atoms with Gasteiger partial charge in [0, 0.05) is 42.8 Å². The summed E-state index contributed by atoms with van der Waals surface area (Å²) in [4.78, 5) is 15.4. The summed E-state index contributed by atoms with van der Waals surface area (Å²) in [6.07, 6.45) is 3.91. The molecule has 7 nitrogen and oxygen atoms in total. The van der Waals surface area contributed by atoms with E-state index in [-0.39, 0.29) is 11.4 Å². The molecule has 9 heteroatoms. The highest BCUT2D eigenvalue weighted by molar-refractivity contribution is 7.90. The van der Waals surface area contributed by atoms with Crippen LogP contribution in [0.15, 0.2) is 53.6 Å². The molecule has 0 radical (unpaired) electrons. The molecule has 0 fully saturated rings. The van der Waals surface area contributed by atoms with Crippen molar-refractivity contribution in [3.63, 3.8) is 0 Å². The van der Waals surface area contributed by atoms with Crippen LogP contribution in [0.1, 0.15) is 17.5 Å². The van der Waals surface area contributed by atoms with Gasteiger partial charge in [0.25, 0.3) is 10.0 Å². The monoisotopic (exact) mass is 455 g/mol. The minimum atomic E-state index is -3.97. The summed E-state index contributed by atoms with van der Waals surface area (Å²) in [5.74, 6) is -0.0651. The van der Waals surface area contributed by atoms with Gasteiger partial charge in [-0.3, -0.25) is 0 Å². The molecule has 2 aliphatic rings. The van der Waals surface area contributed by atoms with Crippen LogP contribution in [-0.2, 0) is 16.6 Å². The van der Waals surface area contributed by atoms with E-state index in [2.05, 4.69) is 11.0 Å². The summed E-state index contributed by atoms with van der Waals surface area (Å²) >= 11 is 0. The van der Waals surface area contributed by atoms with E-state index < -0.39 is 21.9 Å². The molecule has 0 saturated carbocycles. The third-order valence-electron chi connectivity index (χ3n) is 6.00. The second kappa shape index (κ2) is 7.46. The molecule has 2 aliphatic heterocycles. The Morgan fingerprint density at radius 2 is 1.91 bits per heavy atom. The first-order valence-electron chi connectivity index (χ1n) is 10.2. The Morgan fingerprint density at radius 1 is 1.09 bits per heavy atom. The lowest BCUT2D eigenvalue weighted by molar-refractivity contribution is 0.150. The molecule has 2 aromatic carbocycles. The Balaban J connectivity index is 1.65. The van der Waals surface area contributed by atoms with Crippen molar-refractivity contribution in [2.24, 2.45) is 0 Å². The van der Waals surface area contributed by atoms with Gasteiger partial charge in [0.1, 0.15) is 11.6 Å². The van der Waals surface area contributed by atoms with E-state index in [0.717, 1.165) is 30.6 Å². The van der Waals surface area contributed by atoms with E-state index in [0.29, 0.717) is 22.2 Å². The Morgan fingerprint density at radius 3 is 2.66 bits per heavy atom. The van der Waals surface area contributed by atoms with Gasteiger partial charge >= 0.3 is 6.09 Å². The zero-order valence-electron chi connectivity index (χ0n) is 17.7. The first-order chi connectivity index (χ1) is 15.2. The van der Waals surface area contributed by atoms with Gasteiger partial charge in [-0.1, -0.05) is 6.08 Å². The van der Waals surface area contributed by atoms with Gasteiger partial charge in [-0.2, -0.15) is 0 Å². The predicted molar refractivity (Wildman–Crippen MR) is 119 cm³/mol. The highest BCUT2D eigenvalue weighted by Crippen LogP contribution is 2.35. The highest BCUT2D eigenvalue weighted by Gasteiger charge is 2.27. The number of ether oxygens (including phenoxy) is 1. The summed E-state index contributed by atoms with van der Waals surface area (Å²) in [6, 6.07) is 8.60. The van der Waals surface area contributed by atoms with Gasteiger partial charge in [0.15, 0.2) is 0 Å². The molecule has 32 heavy (non-hydrogen) atoms. The SMILES string of the molecule is CN1CC=C(c2cn(S(=O)(=O)c3ccc4c(c3)CN(C)C(=O)O4)c3ccc(F)cc23)CC1. The standard InChI is InChI=1S/C23H22FN3O4S/c1-25-9-7-15(8-10-25)20-14-27(21-5-3-17(24)12-19(20)21)32(29,30)18-4-6-22-16(11-18)13-26(2)23(28)31-22/h3-7,11-12,14H,8-10,13H2,1-2H3. The largest absolute Gasteiger partial charge is 0.415 e. The molecule has 1 aromatic heterocycles. The van der Waals surface area contributed by atoms with Gasteiger partial charge in [-0.25, -0.2) is 21.6 Å². The zero-order chi connectivity index (χ0) is 22.6. The molecular weight excluding hydrogens is 433 g/mol. The number of amides is 1. The number of fused-ring (bicyclic) bond motifs is 2. The number of rotatable bonds is 3. The van der Waals surface area contributed by atoms with Crippen molar-refractivity contribution >= 4 is 32.6 Å². The zero-order valence-corrected chi connectivity index (χ0v) is 18.5. The smallest absolute Gasteiger partial charge is 0.410 e. The van der Waals surface area contributed by atoms with Gasteiger partial charge in [0.05, 0.1) is 17.0 Å². The maximum atomic E-state index is 14.1. The Kier molecular flexibility index (Phi) is 4.83. The Hall–Kier alpha value is -3.17. The minimum absolute atomic E-state index is 0.0766. The highest BCUT2D eigenvalue weighted by atomic mass is 32.2. The van der Waals surface area contributed by atoms with Crippen LogP contribution < -0.4 is 4.74 Å². The van der Waals surface area contributed by atoms with Gasteiger partial charge < -0.3 is 14.5 Å². The summed E-state index contributed by atoms with van der Waals surface area (Å²) in [5, 5.41) is 0.566. The number of nitrogens with zero attached hydrogens (tertiary/aromatic N) is 3. The molecule has 5 rings (SSSR count). The number of carbonyl (C=O) groups excluding carboxylic acids is 1. The fourth-order valence-electron chi connectivity index (χ4n) is 4.19. The fourth-order valence-corrected chi connectivity index (χ4v) is 5.61. The molecule has 1 amide bonds. The molecule has 166 valence electrons. The van der Waals surface area contributed by atoms with Crippen LogP contribution in [0.25, 0.3) is 16.5 Å². The second-order valence-electron chi connectivity index (χ2n) is 8.24. The van der Waals surface area contributed by atoms with Crippen molar-refractivity contribution in [2.75, 3.05) is 27.2 Å². The van der Waals surface area contributed by atoms with Crippen LogP contribution >= 0.6 is 0 Å². The van der Waals surface area contributed by atoms with E-state index in [9.17, 15) is 17.6 Å². The molecule has 0 aliphatic carbocycles. The van der Waals surface area contributed by atoms with Crippen molar-refractivity contribution < 1.29 is 22.3 Å². The van der Waals surface area contributed by atoms with Crippen LogP contribution in [0.5, 0.6) is 5.75 Å². The maximum Gasteiger partial charge on any atom is 0.415 e. The number of likely N-dealkylation sites (N-methyl/N-ethyl adjacent to an activating group) is 1.